The van der Waals surface area contributed by atoms with Gasteiger partial charge in [0.25, 0.3) is 5.56 Å². The number of hydrogen-bond acceptors (Lipinski definition) is 4. The van der Waals surface area contributed by atoms with Gasteiger partial charge in [-0.25, -0.2) is 4.98 Å². The Labute approximate surface area is 152 Å². The highest BCUT2D eigenvalue weighted by molar-refractivity contribution is 5.93. The molecule has 3 N–H and O–H groups in total. The largest absolute Gasteiger partial charge is 0.326 e. The number of aromatic amines is 1. The molecule has 2 aromatic rings. The molecule has 1 aromatic heterocycles. The van der Waals surface area contributed by atoms with E-state index >= 15 is 0 Å². The van der Waals surface area contributed by atoms with Crippen molar-refractivity contribution < 1.29 is 4.79 Å². The van der Waals surface area contributed by atoms with Crippen LogP contribution in [0.15, 0.2) is 35.1 Å². The number of rotatable bonds is 5. The van der Waals surface area contributed by atoms with Crippen molar-refractivity contribution in [2.75, 3.05) is 18.4 Å². The predicted molar refractivity (Wildman–Crippen MR) is 101 cm³/mol. The average molecular weight is 363 g/mol. The first-order valence-electron chi connectivity index (χ1n) is 8.29. The lowest BCUT2D eigenvalue weighted by atomic mass is 9.88. The van der Waals surface area contributed by atoms with Gasteiger partial charge in [0.2, 0.25) is 5.91 Å². The number of hydrogen-bond donors (Lipinski definition) is 3. The van der Waals surface area contributed by atoms with Crippen LogP contribution in [0.5, 0.6) is 0 Å². The summed E-state index contributed by atoms with van der Waals surface area (Å²) < 4.78 is 0. The van der Waals surface area contributed by atoms with Crippen molar-refractivity contribution >= 4 is 24.0 Å². The second-order valence-electron chi connectivity index (χ2n) is 6.22. The Morgan fingerprint density at radius 3 is 2.76 bits per heavy atom. The van der Waals surface area contributed by atoms with E-state index in [0.717, 1.165) is 24.3 Å². The first-order valence-corrected chi connectivity index (χ1v) is 8.29. The molecule has 0 bridgehead atoms. The molecule has 0 radical (unpaired) electrons. The predicted octanol–water partition coefficient (Wildman–Crippen LogP) is 2.22. The minimum atomic E-state index is -0.169. The molecule has 25 heavy (non-hydrogen) atoms. The Morgan fingerprint density at radius 2 is 2.12 bits per heavy atom. The van der Waals surface area contributed by atoms with Gasteiger partial charge in [-0.15, -0.1) is 12.4 Å². The van der Waals surface area contributed by atoms with Crippen molar-refractivity contribution in [3.8, 4) is 11.4 Å². The molecule has 1 aliphatic rings. The molecule has 1 atom stereocenters. The minimum Gasteiger partial charge on any atom is -0.326 e. The number of halogens is 1. The summed E-state index contributed by atoms with van der Waals surface area (Å²) in [6, 6.07) is 8.89. The Morgan fingerprint density at radius 1 is 1.36 bits per heavy atom. The number of anilines is 1. The molecule has 134 valence electrons. The van der Waals surface area contributed by atoms with E-state index in [9.17, 15) is 9.59 Å². The van der Waals surface area contributed by atoms with Crippen LogP contribution in [-0.2, 0) is 11.2 Å². The molecule has 0 aliphatic carbocycles. The molecule has 7 heteroatoms. The number of carbonyl (C=O) groups is 1. The number of nitrogens with one attached hydrogen (secondary N) is 3. The number of aromatic nitrogens is 2. The normalized spacial score (nSPS) is 15.0. The van der Waals surface area contributed by atoms with Gasteiger partial charge in [-0.05, 0) is 37.6 Å². The average Bonchev–Trinajstić information content (AvgIpc) is 2.52. The third kappa shape index (κ3) is 4.46. The number of benzene rings is 1. The highest BCUT2D eigenvalue weighted by Gasteiger charge is 2.28. The van der Waals surface area contributed by atoms with Crippen molar-refractivity contribution in [3.05, 3.63) is 46.4 Å². The van der Waals surface area contributed by atoms with Gasteiger partial charge in [0.15, 0.2) is 0 Å². The Bertz CT molecular complexity index is 802. The molecular weight excluding hydrogens is 340 g/mol. The number of nitrogens with zero attached hydrogens (tertiary/aromatic N) is 1. The third-order valence-electron chi connectivity index (χ3n) is 4.49. The van der Waals surface area contributed by atoms with Crippen LogP contribution in [0.4, 0.5) is 5.69 Å². The molecule has 1 aliphatic heterocycles. The highest BCUT2D eigenvalue weighted by Crippen LogP contribution is 2.21. The van der Waals surface area contributed by atoms with Gasteiger partial charge in [-0.3, -0.25) is 9.59 Å². The topological polar surface area (TPSA) is 86.9 Å². The molecular formula is C18H23ClN4O2. The number of amides is 1. The van der Waals surface area contributed by atoms with E-state index in [-0.39, 0.29) is 29.8 Å². The highest BCUT2D eigenvalue weighted by atomic mass is 35.5. The Kier molecular flexibility index (Phi) is 6.33. The monoisotopic (exact) mass is 362 g/mol. The SMILES string of the molecule is CCc1cc(=O)[nH]c(-c2cccc(NC(=O)C(C)C3CNC3)c2)n1.Cl. The molecule has 0 saturated carbocycles. The van der Waals surface area contributed by atoms with Crippen LogP contribution < -0.4 is 16.2 Å². The summed E-state index contributed by atoms with van der Waals surface area (Å²) >= 11 is 0. The fraction of sp³-hybridized carbons (Fsp3) is 0.389. The van der Waals surface area contributed by atoms with Crippen molar-refractivity contribution in [1.82, 2.24) is 15.3 Å². The third-order valence-corrected chi connectivity index (χ3v) is 4.49. The maximum Gasteiger partial charge on any atom is 0.251 e. The van der Waals surface area contributed by atoms with E-state index in [1.54, 1.807) is 0 Å². The Balaban J connectivity index is 0.00000225. The lowest BCUT2D eigenvalue weighted by molar-refractivity contribution is -0.121. The van der Waals surface area contributed by atoms with Crippen molar-refractivity contribution in [2.45, 2.75) is 20.3 Å². The lowest BCUT2D eigenvalue weighted by Crippen LogP contribution is -2.48. The first-order chi connectivity index (χ1) is 11.6. The second-order valence-corrected chi connectivity index (χ2v) is 6.22. The zero-order valence-electron chi connectivity index (χ0n) is 14.3. The smallest absolute Gasteiger partial charge is 0.251 e. The van der Waals surface area contributed by atoms with Crippen LogP contribution in [0.25, 0.3) is 11.4 Å². The van der Waals surface area contributed by atoms with E-state index in [1.165, 1.54) is 6.07 Å². The number of aryl methyl sites for hydroxylation is 1. The second kappa shape index (κ2) is 8.27. The van der Waals surface area contributed by atoms with Crippen molar-refractivity contribution in [2.24, 2.45) is 11.8 Å². The first kappa shape index (κ1) is 19.1. The van der Waals surface area contributed by atoms with Crippen LogP contribution in [-0.4, -0.2) is 29.0 Å². The van der Waals surface area contributed by atoms with Gasteiger partial charge < -0.3 is 15.6 Å². The van der Waals surface area contributed by atoms with Gasteiger partial charge in [0.05, 0.1) is 0 Å². The summed E-state index contributed by atoms with van der Waals surface area (Å²) in [4.78, 5) is 31.3. The summed E-state index contributed by atoms with van der Waals surface area (Å²) in [5, 5.41) is 6.14. The standard InChI is InChI=1S/C18H22N4O2.ClH/c1-3-14-8-16(23)22-17(20-14)12-5-4-6-15(7-12)21-18(24)11(2)13-9-19-10-13;/h4-8,11,13,19H,3,9-10H2,1-2H3,(H,21,24)(H,20,22,23);1H. The Hall–Kier alpha value is -2.18. The van der Waals surface area contributed by atoms with E-state index in [0.29, 0.717) is 23.9 Å². The van der Waals surface area contributed by atoms with E-state index in [1.807, 2.05) is 38.1 Å². The molecule has 1 amide bonds. The fourth-order valence-electron chi connectivity index (χ4n) is 2.70. The maximum atomic E-state index is 12.3. The van der Waals surface area contributed by atoms with E-state index in [4.69, 9.17) is 0 Å². The van der Waals surface area contributed by atoms with E-state index in [2.05, 4.69) is 20.6 Å². The molecule has 1 unspecified atom stereocenters. The maximum absolute atomic E-state index is 12.3. The fourth-order valence-corrected chi connectivity index (χ4v) is 2.70. The lowest BCUT2D eigenvalue weighted by Gasteiger charge is -2.31. The summed E-state index contributed by atoms with van der Waals surface area (Å²) in [5.41, 5.74) is 2.06. The van der Waals surface area contributed by atoms with Gasteiger partial charge >= 0.3 is 0 Å². The summed E-state index contributed by atoms with van der Waals surface area (Å²) in [6.07, 6.45) is 0.695. The molecule has 0 spiro atoms. The number of carbonyl (C=O) groups excluding carboxylic acids is 1. The van der Waals surface area contributed by atoms with Gasteiger partial charge in [-0.1, -0.05) is 26.0 Å². The van der Waals surface area contributed by atoms with E-state index < -0.39 is 0 Å². The van der Waals surface area contributed by atoms with Crippen LogP contribution >= 0.6 is 12.4 Å². The molecule has 1 aromatic carbocycles. The van der Waals surface area contributed by atoms with Gasteiger partial charge in [0, 0.05) is 28.9 Å². The quantitative estimate of drug-likeness (QED) is 0.761. The van der Waals surface area contributed by atoms with Crippen molar-refractivity contribution in [3.63, 3.8) is 0 Å². The molecule has 1 fully saturated rings. The zero-order chi connectivity index (χ0) is 17.1. The molecule has 2 heterocycles. The van der Waals surface area contributed by atoms with Crippen molar-refractivity contribution in [1.29, 1.82) is 0 Å². The number of H-pyrrole nitrogens is 1. The van der Waals surface area contributed by atoms with Crippen LogP contribution in [0.2, 0.25) is 0 Å². The van der Waals surface area contributed by atoms with Crippen LogP contribution in [0, 0.1) is 11.8 Å². The zero-order valence-corrected chi connectivity index (χ0v) is 15.2. The van der Waals surface area contributed by atoms with Gasteiger partial charge in [0.1, 0.15) is 5.82 Å². The van der Waals surface area contributed by atoms with Crippen LogP contribution in [0.1, 0.15) is 19.5 Å². The molecule has 1 saturated heterocycles. The molecule has 3 rings (SSSR count). The minimum absolute atomic E-state index is 0. The summed E-state index contributed by atoms with van der Waals surface area (Å²) in [6.45, 7) is 5.69. The van der Waals surface area contributed by atoms with Crippen LogP contribution in [0.3, 0.4) is 0 Å². The van der Waals surface area contributed by atoms with Gasteiger partial charge in [-0.2, -0.15) is 0 Å². The summed E-state index contributed by atoms with van der Waals surface area (Å²) in [7, 11) is 0. The molecule has 6 nitrogen and oxygen atoms in total. The summed E-state index contributed by atoms with van der Waals surface area (Å²) in [5.74, 6) is 0.901.